The second kappa shape index (κ2) is 4.34. The molecule has 0 bridgehead atoms. The van der Waals surface area contributed by atoms with E-state index in [1.807, 2.05) is 0 Å². The van der Waals surface area contributed by atoms with Crippen LogP contribution in [0.15, 0.2) is 0 Å². The van der Waals surface area contributed by atoms with Crippen molar-refractivity contribution in [1.29, 1.82) is 0 Å². The van der Waals surface area contributed by atoms with E-state index < -0.39 is 0 Å². The summed E-state index contributed by atoms with van der Waals surface area (Å²) in [7, 11) is 0. The highest BCUT2D eigenvalue weighted by Crippen LogP contribution is 2.48. The number of aromatic nitrogens is 3. The van der Waals surface area contributed by atoms with Gasteiger partial charge in [0.25, 0.3) is 0 Å². The number of hydrogen-bond donors (Lipinski definition) is 1. The number of fused-ring (bicyclic) bond motifs is 1. The van der Waals surface area contributed by atoms with E-state index in [4.69, 9.17) is 0 Å². The Hall–Kier alpha value is -0.900. The minimum Gasteiger partial charge on any atom is -0.312 e. The Morgan fingerprint density at radius 1 is 1.33 bits per heavy atom. The lowest BCUT2D eigenvalue weighted by atomic mass is 9.81. The molecule has 2 aliphatic rings. The van der Waals surface area contributed by atoms with Crippen LogP contribution in [-0.2, 0) is 6.54 Å². The molecule has 100 valence electrons. The summed E-state index contributed by atoms with van der Waals surface area (Å²) in [6, 6.07) is 0.393. The molecule has 1 saturated carbocycles. The lowest BCUT2D eigenvalue weighted by Crippen LogP contribution is -2.34. The summed E-state index contributed by atoms with van der Waals surface area (Å²) in [6.07, 6.45) is 5.01. The summed E-state index contributed by atoms with van der Waals surface area (Å²) >= 11 is 0. The van der Waals surface area contributed by atoms with Gasteiger partial charge in [0.1, 0.15) is 11.6 Å². The van der Waals surface area contributed by atoms with Crippen LogP contribution in [0.25, 0.3) is 0 Å². The van der Waals surface area contributed by atoms with Crippen LogP contribution in [0.2, 0.25) is 0 Å². The van der Waals surface area contributed by atoms with Crippen molar-refractivity contribution in [2.45, 2.75) is 65.0 Å². The molecule has 1 aromatic rings. The summed E-state index contributed by atoms with van der Waals surface area (Å²) in [4.78, 5) is 0. The van der Waals surface area contributed by atoms with Crippen molar-refractivity contribution in [3.05, 3.63) is 11.6 Å². The average Bonchev–Trinajstić information content (AvgIpc) is 2.91. The summed E-state index contributed by atoms with van der Waals surface area (Å²) in [5.41, 5.74) is 0.385. The topological polar surface area (TPSA) is 42.7 Å². The Balaban J connectivity index is 1.97. The molecule has 1 aliphatic carbocycles. The van der Waals surface area contributed by atoms with E-state index in [9.17, 15) is 0 Å². The van der Waals surface area contributed by atoms with Gasteiger partial charge in [0.05, 0.1) is 6.04 Å². The van der Waals surface area contributed by atoms with Crippen LogP contribution in [0.5, 0.6) is 0 Å². The highest BCUT2D eigenvalue weighted by molar-refractivity contribution is 5.12. The van der Waals surface area contributed by atoms with E-state index in [1.165, 1.54) is 25.1 Å². The lowest BCUT2D eigenvalue weighted by molar-refractivity contribution is 0.306. The maximum absolute atomic E-state index is 4.55. The zero-order chi connectivity index (χ0) is 12.8. The first-order valence-electron chi connectivity index (χ1n) is 7.30. The largest absolute Gasteiger partial charge is 0.312 e. The minimum absolute atomic E-state index is 0.385. The van der Waals surface area contributed by atoms with E-state index in [0.29, 0.717) is 17.4 Å². The molecule has 18 heavy (non-hydrogen) atoms. The van der Waals surface area contributed by atoms with E-state index in [0.717, 1.165) is 25.3 Å². The molecular formula is C14H24N4. The van der Waals surface area contributed by atoms with Gasteiger partial charge in [-0.3, -0.25) is 0 Å². The first-order valence-corrected chi connectivity index (χ1v) is 7.30. The minimum atomic E-state index is 0.385. The molecule has 0 radical (unpaired) electrons. The van der Waals surface area contributed by atoms with Gasteiger partial charge in [-0.05, 0) is 24.7 Å². The number of nitrogens with zero attached hydrogens (tertiary/aromatic N) is 3. The van der Waals surface area contributed by atoms with Crippen molar-refractivity contribution in [3.63, 3.8) is 0 Å². The highest BCUT2D eigenvalue weighted by Gasteiger charge is 2.39. The normalized spacial score (nSPS) is 30.4. The summed E-state index contributed by atoms with van der Waals surface area (Å²) in [5.74, 6) is 2.99. The molecule has 1 N–H and O–H groups in total. The Morgan fingerprint density at radius 2 is 2.11 bits per heavy atom. The summed E-state index contributed by atoms with van der Waals surface area (Å²) in [5, 5.41) is 12.5. The van der Waals surface area contributed by atoms with Gasteiger partial charge >= 0.3 is 0 Å². The molecule has 4 nitrogen and oxygen atoms in total. The Kier molecular flexibility index (Phi) is 2.93. The highest BCUT2D eigenvalue weighted by atomic mass is 15.3. The van der Waals surface area contributed by atoms with E-state index in [-0.39, 0.29) is 0 Å². The van der Waals surface area contributed by atoms with E-state index in [2.05, 4.69) is 40.9 Å². The van der Waals surface area contributed by atoms with Crippen LogP contribution < -0.4 is 5.32 Å². The fourth-order valence-corrected chi connectivity index (χ4v) is 3.65. The van der Waals surface area contributed by atoms with Gasteiger partial charge in [0, 0.05) is 19.0 Å². The van der Waals surface area contributed by atoms with Crippen LogP contribution in [0, 0.1) is 5.41 Å². The SMILES string of the molecule is CCC1NCCn2c1nnc2C1CCCC1(C)C. The maximum atomic E-state index is 4.55. The molecule has 0 aromatic carbocycles. The fourth-order valence-electron chi connectivity index (χ4n) is 3.65. The predicted molar refractivity (Wildman–Crippen MR) is 71.4 cm³/mol. The van der Waals surface area contributed by atoms with Crippen molar-refractivity contribution in [2.75, 3.05) is 6.54 Å². The van der Waals surface area contributed by atoms with Crippen molar-refractivity contribution in [3.8, 4) is 0 Å². The second-order valence-electron chi connectivity index (χ2n) is 6.42. The third-order valence-electron chi connectivity index (χ3n) is 4.82. The molecule has 0 saturated heterocycles. The predicted octanol–water partition coefficient (Wildman–Crippen LogP) is 2.63. The molecule has 2 atom stereocenters. The van der Waals surface area contributed by atoms with Crippen LogP contribution in [-0.4, -0.2) is 21.3 Å². The van der Waals surface area contributed by atoms with Crippen molar-refractivity contribution < 1.29 is 0 Å². The van der Waals surface area contributed by atoms with Gasteiger partial charge in [0.15, 0.2) is 0 Å². The molecule has 2 unspecified atom stereocenters. The summed E-state index contributed by atoms with van der Waals surface area (Å²) < 4.78 is 2.39. The molecule has 3 rings (SSSR count). The van der Waals surface area contributed by atoms with Crippen LogP contribution in [0.3, 0.4) is 0 Å². The Labute approximate surface area is 109 Å². The molecule has 2 heterocycles. The Bertz CT molecular complexity index is 435. The van der Waals surface area contributed by atoms with E-state index >= 15 is 0 Å². The molecule has 1 aliphatic heterocycles. The van der Waals surface area contributed by atoms with Crippen LogP contribution in [0.1, 0.15) is 70.1 Å². The fraction of sp³-hybridized carbons (Fsp3) is 0.857. The Morgan fingerprint density at radius 3 is 2.78 bits per heavy atom. The van der Waals surface area contributed by atoms with Gasteiger partial charge in [-0.25, -0.2) is 0 Å². The van der Waals surface area contributed by atoms with Crippen molar-refractivity contribution in [1.82, 2.24) is 20.1 Å². The molecule has 4 heteroatoms. The van der Waals surface area contributed by atoms with Crippen LogP contribution in [0.4, 0.5) is 0 Å². The first-order chi connectivity index (χ1) is 8.63. The number of rotatable bonds is 2. The molecule has 0 amide bonds. The van der Waals surface area contributed by atoms with Gasteiger partial charge in [-0.2, -0.15) is 0 Å². The smallest absolute Gasteiger partial charge is 0.150 e. The van der Waals surface area contributed by atoms with Crippen molar-refractivity contribution >= 4 is 0 Å². The number of hydrogen-bond acceptors (Lipinski definition) is 3. The van der Waals surface area contributed by atoms with Gasteiger partial charge in [-0.1, -0.05) is 27.2 Å². The summed E-state index contributed by atoms with van der Waals surface area (Å²) in [6.45, 7) is 9.04. The zero-order valence-corrected chi connectivity index (χ0v) is 11.7. The third-order valence-corrected chi connectivity index (χ3v) is 4.82. The lowest BCUT2D eigenvalue weighted by Gasteiger charge is -2.29. The number of nitrogens with one attached hydrogen (secondary N) is 1. The zero-order valence-electron chi connectivity index (χ0n) is 11.7. The van der Waals surface area contributed by atoms with Crippen LogP contribution >= 0.6 is 0 Å². The van der Waals surface area contributed by atoms with Crippen molar-refractivity contribution in [2.24, 2.45) is 5.41 Å². The molecule has 0 spiro atoms. The third kappa shape index (κ3) is 1.78. The second-order valence-corrected chi connectivity index (χ2v) is 6.42. The first kappa shape index (κ1) is 12.2. The average molecular weight is 248 g/mol. The molecular weight excluding hydrogens is 224 g/mol. The molecule has 1 aromatic heterocycles. The standard InChI is InChI=1S/C14H24N4/c1-4-11-13-17-16-12(18(13)9-8-15-11)10-6-5-7-14(10,2)3/h10-11,15H,4-9H2,1-3H3. The molecule has 1 fully saturated rings. The van der Waals surface area contributed by atoms with Gasteiger partial charge in [-0.15, -0.1) is 10.2 Å². The van der Waals surface area contributed by atoms with Gasteiger partial charge in [0.2, 0.25) is 0 Å². The monoisotopic (exact) mass is 248 g/mol. The quantitative estimate of drug-likeness (QED) is 0.875. The van der Waals surface area contributed by atoms with E-state index in [1.54, 1.807) is 0 Å². The van der Waals surface area contributed by atoms with Gasteiger partial charge < -0.3 is 9.88 Å². The maximum Gasteiger partial charge on any atom is 0.150 e.